The van der Waals surface area contributed by atoms with E-state index >= 15 is 0 Å². The summed E-state index contributed by atoms with van der Waals surface area (Å²) in [7, 11) is -3.97. The number of benzene rings is 2. The zero-order chi connectivity index (χ0) is 28.7. The van der Waals surface area contributed by atoms with Crippen molar-refractivity contribution in [3.63, 3.8) is 0 Å². The lowest BCUT2D eigenvalue weighted by molar-refractivity contribution is 0.480. The zero-order valence-electron chi connectivity index (χ0n) is 23.0. The summed E-state index contributed by atoms with van der Waals surface area (Å²) in [6.45, 7) is 7.28. The third-order valence-electron chi connectivity index (χ3n) is 6.12. The summed E-state index contributed by atoms with van der Waals surface area (Å²) in [5, 5.41) is 2.34. The first kappa shape index (κ1) is 32.4. The van der Waals surface area contributed by atoms with Crippen LogP contribution in [0, 0.1) is 6.92 Å². The van der Waals surface area contributed by atoms with Gasteiger partial charge in [0.15, 0.2) is 0 Å². The third kappa shape index (κ3) is 12.7. The van der Waals surface area contributed by atoms with Crippen LogP contribution < -0.4 is 4.90 Å². The van der Waals surface area contributed by atoms with Gasteiger partial charge in [0.1, 0.15) is 0 Å². The first-order chi connectivity index (χ1) is 18.6. The van der Waals surface area contributed by atoms with Crippen LogP contribution in [-0.2, 0) is 21.2 Å². The average Bonchev–Trinajstić information content (AvgIpc) is 2.88. The summed E-state index contributed by atoms with van der Waals surface area (Å²) in [4.78, 5) is 6.60. The van der Waals surface area contributed by atoms with Crippen molar-refractivity contribution in [3.8, 4) is 0 Å². The topological polar surface area (TPSA) is 110 Å². The number of hydrogen-bond donors (Lipinski definition) is 1. The van der Waals surface area contributed by atoms with Crippen LogP contribution in [0.15, 0.2) is 89.6 Å². The van der Waals surface area contributed by atoms with Crippen LogP contribution in [0.2, 0.25) is 0 Å². The van der Waals surface area contributed by atoms with Gasteiger partial charge in [-0.1, -0.05) is 71.8 Å². The van der Waals surface area contributed by atoms with Gasteiger partial charge in [-0.25, -0.2) is 0 Å². The van der Waals surface area contributed by atoms with Crippen molar-refractivity contribution in [1.29, 1.82) is 0 Å². The Balaban J connectivity index is 2.06. The van der Waals surface area contributed by atoms with E-state index in [-0.39, 0.29) is 11.5 Å². The second-order valence-electron chi connectivity index (χ2n) is 9.25. The normalized spacial score (nSPS) is 14.3. The molecule has 0 saturated carbocycles. The highest BCUT2D eigenvalue weighted by Gasteiger charge is 2.13. The predicted molar refractivity (Wildman–Crippen MR) is 164 cm³/mol. The maximum atomic E-state index is 11.1. The summed E-state index contributed by atoms with van der Waals surface area (Å²) in [6, 6.07) is 12.4. The zero-order valence-corrected chi connectivity index (χ0v) is 24.6. The standard InChI is InChI=1S/C30H40N2O5S2/c1-25(31-21-11-13-23-38(33)34)15-7-5-4-6-8-16-26(2)32(22-12-14-24-39(35,36)37)30-20-19-28-17-9-10-18-29(28)27(30)3/h4-10,15-20H,11-14,21-24H2,1-3H3,(H,33,34)(H,35,36,37)/p-1/b5-4+,8-6+,15-7+,26-16+,31-25?. The van der Waals surface area contributed by atoms with E-state index < -0.39 is 21.2 Å². The maximum absolute atomic E-state index is 11.1. The van der Waals surface area contributed by atoms with Crippen LogP contribution in [0.5, 0.6) is 0 Å². The Kier molecular flexibility index (Phi) is 14.1. The Labute approximate surface area is 235 Å². The highest BCUT2D eigenvalue weighted by Crippen LogP contribution is 2.30. The van der Waals surface area contributed by atoms with Crippen molar-refractivity contribution >= 4 is 43.4 Å². The van der Waals surface area contributed by atoms with Gasteiger partial charge in [-0.3, -0.25) is 13.8 Å². The fourth-order valence-electron chi connectivity index (χ4n) is 4.06. The molecule has 212 valence electrons. The lowest BCUT2D eigenvalue weighted by atomic mass is 10.0. The monoisotopic (exact) mass is 571 g/mol. The van der Waals surface area contributed by atoms with Crippen molar-refractivity contribution in [3.05, 3.63) is 90.2 Å². The molecule has 0 spiro atoms. The van der Waals surface area contributed by atoms with Gasteiger partial charge < -0.3 is 9.45 Å². The number of fused-ring (bicyclic) bond motifs is 1. The van der Waals surface area contributed by atoms with Crippen LogP contribution in [0.4, 0.5) is 5.69 Å². The molecule has 1 unspecified atom stereocenters. The molecule has 1 atom stereocenters. The Morgan fingerprint density at radius 2 is 1.72 bits per heavy atom. The number of aryl methyl sites for hydroxylation is 1. The van der Waals surface area contributed by atoms with Gasteiger partial charge in [-0.15, -0.1) is 0 Å². The molecule has 0 amide bonds. The minimum atomic E-state index is -3.97. The fourth-order valence-corrected chi connectivity index (χ4v) is 5.07. The van der Waals surface area contributed by atoms with Crippen molar-refractivity contribution in [2.24, 2.45) is 4.99 Å². The molecule has 0 aliphatic rings. The number of allylic oxidation sites excluding steroid dienone is 8. The molecule has 0 aliphatic carbocycles. The number of aliphatic imine (C=N–C) groups is 1. The van der Waals surface area contributed by atoms with Crippen molar-refractivity contribution < 1.29 is 21.7 Å². The molecule has 0 fully saturated rings. The summed E-state index contributed by atoms with van der Waals surface area (Å²) >= 11 is -1.98. The van der Waals surface area contributed by atoms with E-state index in [9.17, 15) is 17.2 Å². The van der Waals surface area contributed by atoms with Gasteiger partial charge in [-0.2, -0.15) is 8.42 Å². The molecule has 0 heterocycles. The molecule has 0 radical (unpaired) electrons. The van der Waals surface area contributed by atoms with E-state index in [2.05, 4.69) is 41.1 Å². The van der Waals surface area contributed by atoms with Gasteiger partial charge in [0.05, 0.1) is 5.75 Å². The van der Waals surface area contributed by atoms with E-state index in [1.807, 2.05) is 68.5 Å². The van der Waals surface area contributed by atoms with Gasteiger partial charge in [-0.05, 0) is 81.0 Å². The van der Waals surface area contributed by atoms with E-state index in [4.69, 9.17) is 4.55 Å². The van der Waals surface area contributed by atoms with Gasteiger partial charge in [0.2, 0.25) is 0 Å². The van der Waals surface area contributed by atoms with Gasteiger partial charge in [0.25, 0.3) is 10.1 Å². The number of nitrogens with zero attached hydrogens (tertiary/aromatic N) is 2. The number of rotatable bonds is 16. The fraction of sp³-hybridized carbons (Fsp3) is 0.367. The molecule has 0 saturated heterocycles. The molecule has 0 aromatic heterocycles. The van der Waals surface area contributed by atoms with Crippen LogP contribution in [0.25, 0.3) is 10.8 Å². The molecule has 0 aliphatic heterocycles. The smallest absolute Gasteiger partial charge is 0.264 e. The SMILES string of the molecule is CC(/C=C/C=C/C=C/C=C(\C)N(CCCCS(=O)(=O)O)c1ccc2ccccc2c1C)=NCCCCS(=O)[O-]. The van der Waals surface area contributed by atoms with E-state index in [1.165, 1.54) is 10.8 Å². The summed E-state index contributed by atoms with van der Waals surface area (Å²) in [6.07, 6.45) is 15.9. The highest BCUT2D eigenvalue weighted by atomic mass is 32.2. The second-order valence-corrected chi connectivity index (χ2v) is 11.8. The van der Waals surface area contributed by atoms with Gasteiger partial charge in [0, 0.05) is 35.9 Å². The summed E-state index contributed by atoms with van der Waals surface area (Å²) in [5.41, 5.74) is 4.13. The van der Waals surface area contributed by atoms with E-state index in [0.717, 1.165) is 29.1 Å². The van der Waals surface area contributed by atoms with Crippen molar-refractivity contribution in [2.75, 3.05) is 29.5 Å². The second kappa shape index (κ2) is 17.0. The Morgan fingerprint density at radius 1 is 1.00 bits per heavy atom. The van der Waals surface area contributed by atoms with Crippen LogP contribution >= 0.6 is 0 Å². The Hall–Kier alpha value is -2.85. The largest absolute Gasteiger partial charge is 0.772 e. The minimum absolute atomic E-state index is 0.182. The van der Waals surface area contributed by atoms with Crippen molar-refractivity contribution in [1.82, 2.24) is 0 Å². The summed E-state index contributed by atoms with van der Waals surface area (Å²) in [5.74, 6) is -0.0622. The molecule has 2 aromatic carbocycles. The highest BCUT2D eigenvalue weighted by molar-refractivity contribution is 7.85. The van der Waals surface area contributed by atoms with E-state index in [1.54, 1.807) is 0 Å². The number of unbranched alkanes of at least 4 members (excludes halogenated alkanes) is 2. The maximum Gasteiger partial charge on any atom is 0.264 e. The third-order valence-corrected chi connectivity index (χ3v) is 7.55. The molecule has 9 heteroatoms. The van der Waals surface area contributed by atoms with Gasteiger partial charge >= 0.3 is 0 Å². The molecular formula is C30H39N2O5S2-. The minimum Gasteiger partial charge on any atom is -0.772 e. The number of hydrogen-bond acceptors (Lipinski definition) is 6. The summed E-state index contributed by atoms with van der Waals surface area (Å²) < 4.78 is 52.4. The first-order valence-electron chi connectivity index (χ1n) is 13.0. The van der Waals surface area contributed by atoms with Crippen LogP contribution in [-0.4, -0.2) is 52.0 Å². The van der Waals surface area contributed by atoms with Crippen LogP contribution in [0.1, 0.15) is 45.1 Å². The Morgan fingerprint density at radius 3 is 2.46 bits per heavy atom. The molecule has 2 rings (SSSR count). The van der Waals surface area contributed by atoms with Crippen molar-refractivity contribution in [2.45, 2.75) is 46.5 Å². The quantitative estimate of drug-likeness (QED) is 0.0831. The number of anilines is 1. The molecule has 0 bridgehead atoms. The lowest BCUT2D eigenvalue weighted by Crippen LogP contribution is -2.23. The van der Waals surface area contributed by atoms with E-state index in [0.29, 0.717) is 32.4 Å². The Bertz CT molecular complexity index is 1360. The molecule has 1 N–H and O–H groups in total. The molecular weight excluding hydrogens is 532 g/mol. The lowest BCUT2D eigenvalue weighted by Gasteiger charge is -2.28. The van der Waals surface area contributed by atoms with Crippen LogP contribution in [0.3, 0.4) is 0 Å². The molecule has 39 heavy (non-hydrogen) atoms. The average molecular weight is 572 g/mol. The molecule has 7 nitrogen and oxygen atoms in total. The first-order valence-corrected chi connectivity index (χ1v) is 15.9. The predicted octanol–water partition coefficient (Wildman–Crippen LogP) is 6.32. The molecule has 2 aromatic rings.